The van der Waals surface area contributed by atoms with Crippen LogP contribution in [-0.4, -0.2) is 30.0 Å². The minimum Gasteiger partial charge on any atom is -0.493 e. The van der Waals surface area contributed by atoms with Crippen molar-refractivity contribution in [1.82, 2.24) is 0 Å². The maximum Gasteiger partial charge on any atom is 0.524 e. The first-order valence-corrected chi connectivity index (χ1v) is 6.58. The monoisotopic (exact) mass is 288 g/mol. The first-order valence-electron chi connectivity index (χ1n) is 5.05. The molecule has 0 heterocycles. The Balaban J connectivity index is 2.99. The molecule has 0 aliphatic carbocycles. The van der Waals surface area contributed by atoms with Crippen molar-refractivity contribution in [3.63, 3.8) is 0 Å². The summed E-state index contributed by atoms with van der Waals surface area (Å²) in [6, 6.07) is 4.30. The Morgan fingerprint density at radius 3 is 2.47 bits per heavy atom. The van der Waals surface area contributed by atoms with Crippen LogP contribution < -0.4 is 9.26 Å². The number of hydrogen-bond donors (Lipinski definition) is 2. The Morgan fingerprint density at radius 1 is 1.26 bits per heavy atom. The topological polar surface area (TPSA) is 102 Å². The lowest BCUT2D eigenvalue weighted by molar-refractivity contribution is -0.134. The molecule has 1 aromatic carbocycles. The summed E-state index contributed by atoms with van der Waals surface area (Å²) in [5.74, 6) is -0.476. The highest BCUT2D eigenvalue weighted by atomic mass is 31.2. The third-order valence-corrected chi connectivity index (χ3v) is 2.45. The number of phosphoric acid groups is 1. The van der Waals surface area contributed by atoms with Crippen molar-refractivity contribution in [3.8, 4) is 11.5 Å². The van der Waals surface area contributed by atoms with E-state index in [9.17, 15) is 9.36 Å². The number of carbonyl (C=O) groups excluding carboxylic acids is 1. The van der Waals surface area contributed by atoms with Crippen molar-refractivity contribution in [1.29, 1.82) is 0 Å². The van der Waals surface area contributed by atoms with E-state index in [0.717, 1.165) is 0 Å². The molecule has 0 spiro atoms. The predicted octanol–water partition coefficient (Wildman–Crippen LogP) is 1.35. The van der Waals surface area contributed by atoms with Gasteiger partial charge in [-0.3, -0.25) is 9.79 Å². The molecule has 1 aromatic rings. The number of hydrogen-bond acceptors (Lipinski definition) is 5. The Labute approximate surface area is 109 Å². The largest absolute Gasteiger partial charge is 0.524 e. The SMILES string of the molecule is COC(=O)/C=C/c1ccc(OP(=O)(O)O)c(OC)c1. The van der Waals surface area contributed by atoms with Gasteiger partial charge in [0.1, 0.15) is 0 Å². The fraction of sp³-hybridized carbons (Fsp3) is 0.182. The second-order valence-corrected chi connectivity index (χ2v) is 4.51. The summed E-state index contributed by atoms with van der Waals surface area (Å²) in [7, 11) is -2.07. The van der Waals surface area contributed by atoms with E-state index in [4.69, 9.17) is 14.5 Å². The van der Waals surface area contributed by atoms with Crippen LogP contribution in [0.5, 0.6) is 11.5 Å². The number of carbonyl (C=O) groups is 1. The summed E-state index contributed by atoms with van der Waals surface area (Å²) in [5, 5.41) is 0. The van der Waals surface area contributed by atoms with Gasteiger partial charge in [-0.25, -0.2) is 9.36 Å². The van der Waals surface area contributed by atoms with Crippen molar-refractivity contribution in [2.75, 3.05) is 14.2 Å². The summed E-state index contributed by atoms with van der Waals surface area (Å²) in [6.07, 6.45) is 2.67. The molecule has 104 valence electrons. The van der Waals surface area contributed by atoms with E-state index in [-0.39, 0.29) is 11.5 Å². The molecule has 0 bridgehead atoms. The Morgan fingerprint density at radius 2 is 1.95 bits per heavy atom. The van der Waals surface area contributed by atoms with Gasteiger partial charge in [0.15, 0.2) is 11.5 Å². The molecule has 0 atom stereocenters. The van der Waals surface area contributed by atoms with Gasteiger partial charge in [-0.2, -0.15) is 0 Å². The van der Waals surface area contributed by atoms with E-state index in [1.54, 1.807) is 0 Å². The fourth-order valence-electron chi connectivity index (χ4n) is 1.22. The molecule has 0 saturated heterocycles. The van der Waals surface area contributed by atoms with Crippen LogP contribution in [-0.2, 0) is 14.1 Å². The number of phosphoric ester groups is 1. The van der Waals surface area contributed by atoms with Gasteiger partial charge in [0.2, 0.25) is 0 Å². The molecule has 19 heavy (non-hydrogen) atoms. The Bertz CT molecular complexity index is 532. The van der Waals surface area contributed by atoms with Crippen molar-refractivity contribution in [2.45, 2.75) is 0 Å². The predicted molar refractivity (Wildman–Crippen MR) is 66.7 cm³/mol. The molecule has 1 rings (SSSR count). The lowest BCUT2D eigenvalue weighted by atomic mass is 10.2. The highest BCUT2D eigenvalue weighted by Gasteiger charge is 2.18. The van der Waals surface area contributed by atoms with Gasteiger partial charge >= 0.3 is 13.8 Å². The summed E-state index contributed by atoms with van der Waals surface area (Å²) in [4.78, 5) is 28.4. The number of ether oxygens (including phenoxy) is 2. The minimum atomic E-state index is -4.65. The third-order valence-electron chi connectivity index (χ3n) is 2.02. The molecular weight excluding hydrogens is 275 g/mol. The third kappa shape index (κ3) is 5.13. The van der Waals surface area contributed by atoms with Crippen molar-refractivity contribution in [2.24, 2.45) is 0 Å². The molecule has 7 nitrogen and oxygen atoms in total. The van der Waals surface area contributed by atoms with Gasteiger partial charge < -0.3 is 14.0 Å². The van der Waals surface area contributed by atoms with Crippen molar-refractivity contribution < 1.29 is 33.1 Å². The zero-order chi connectivity index (χ0) is 14.5. The van der Waals surface area contributed by atoms with Crippen LogP contribution >= 0.6 is 7.82 Å². The summed E-state index contributed by atoms with van der Waals surface area (Å²) in [6.45, 7) is 0. The number of esters is 1. The highest BCUT2D eigenvalue weighted by molar-refractivity contribution is 7.46. The first kappa shape index (κ1) is 15.2. The zero-order valence-corrected chi connectivity index (χ0v) is 11.2. The number of benzene rings is 1. The lowest BCUT2D eigenvalue weighted by Gasteiger charge is -2.11. The van der Waals surface area contributed by atoms with E-state index in [1.807, 2.05) is 0 Å². The second kappa shape index (κ2) is 6.38. The fourth-order valence-corrected chi connectivity index (χ4v) is 1.63. The van der Waals surface area contributed by atoms with Crippen LogP contribution in [0.2, 0.25) is 0 Å². The van der Waals surface area contributed by atoms with E-state index in [2.05, 4.69) is 9.26 Å². The van der Waals surface area contributed by atoms with E-state index < -0.39 is 13.8 Å². The van der Waals surface area contributed by atoms with Crippen LogP contribution in [0.3, 0.4) is 0 Å². The molecule has 0 aliphatic rings. The maximum absolute atomic E-state index is 10.9. The molecule has 0 aliphatic heterocycles. The summed E-state index contributed by atoms with van der Waals surface area (Å²) < 4.78 is 24.6. The Hall–Kier alpha value is -1.82. The standard InChI is InChI=1S/C11H13O7P/c1-16-10-7-8(4-6-11(12)17-2)3-5-9(10)18-19(13,14)15/h3-7H,1-2H3,(H2,13,14,15)/b6-4+. The molecule has 0 unspecified atom stereocenters. The second-order valence-electron chi connectivity index (χ2n) is 3.35. The molecule has 0 saturated carbocycles. The minimum absolute atomic E-state index is 0.0916. The van der Waals surface area contributed by atoms with Gasteiger partial charge in [0, 0.05) is 6.08 Å². The molecule has 0 aromatic heterocycles. The summed E-state index contributed by atoms with van der Waals surface area (Å²) in [5.41, 5.74) is 0.584. The van der Waals surface area contributed by atoms with Crippen LogP contribution in [0.4, 0.5) is 0 Å². The van der Waals surface area contributed by atoms with E-state index >= 15 is 0 Å². The van der Waals surface area contributed by atoms with Crippen LogP contribution in [0, 0.1) is 0 Å². The Kier molecular flexibility index (Phi) is 5.11. The van der Waals surface area contributed by atoms with E-state index in [0.29, 0.717) is 5.56 Å². The maximum atomic E-state index is 10.9. The van der Waals surface area contributed by atoms with Crippen molar-refractivity contribution in [3.05, 3.63) is 29.8 Å². The quantitative estimate of drug-likeness (QED) is 0.479. The first-order chi connectivity index (χ1) is 8.85. The van der Waals surface area contributed by atoms with Gasteiger partial charge in [0.25, 0.3) is 0 Å². The van der Waals surface area contributed by atoms with Gasteiger partial charge in [-0.15, -0.1) is 0 Å². The lowest BCUT2D eigenvalue weighted by Crippen LogP contribution is -1.95. The van der Waals surface area contributed by atoms with Crippen LogP contribution in [0.25, 0.3) is 6.08 Å². The normalized spacial score (nSPS) is 11.4. The smallest absolute Gasteiger partial charge is 0.493 e. The molecule has 2 N–H and O–H groups in total. The summed E-state index contributed by atoms with van der Waals surface area (Å²) >= 11 is 0. The number of methoxy groups -OCH3 is 2. The molecule has 8 heteroatoms. The average molecular weight is 288 g/mol. The van der Waals surface area contributed by atoms with Crippen molar-refractivity contribution >= 4 is 19.9 Å². The van der Waals surface area contributed by atoms with Gasteiger partial charge in [0.05, 0.1) is 14.2 Å². The molecule has 0 radical (unpaired) electrons. The highest BCUT2D eigenvalue weighted by Crippen LogP contribution is 2.42. The zero-order valence-electron chi connectivity index (χ0n) is 10.3. The van der Waals surface area contributed by atoms with Crippen LogP contribution in [0.15, 0.2) is 24.3 Å². The van der Waals surface area contributed by atoms with Gasteiger partial charge in [-0.1, -0.05) is 6.07 Å². The molecular formula is C11H13O7P. The van der Waals surface area contributed by atoms with Gasteiger partial charge in [-0.05, 0) is 23.8 Å². The van der Waals surface area contributed by atoms with E-state index in [1.165, 1.54) is 44.6 Å². The van der Waals surface area contributed by atoms with Crippen LogP contribution in [0.1, 0.15) is 5.56 Å². The number of rotatable bonds is 5. The average Bonchev–Trinajstić information content (AvgIpc) is 2.35. The molecule has 0 fully saturated rings. The molecule has 0 amide bonds.